The van der Waals surface area contributed by atoms with Crippen LogP contribution >= 0.6 is 11.3 Å². The monoisotopic (exact) mass is 328 g/mol. The fourth-order valence-corrected chi connectivity index (χ4v) is 5.74. The highest BCUT2D eigenvalue weighted by atomic mass is 32.2. The van der Waals surface area contributed by atoms with Gasteiger partial charge in [0.15, 0.2) is 0 Å². The van der Waals surface area contributed by atoms with Gasteiger partial charge in [-0.05, 0) is 42.5 Å². The molecule has 2 aliphatic rings. The van der Waals surface area contributed by atoms with E-state index in [4.69, 9.17) is 0 Å². The maximum atomic E-state index is 12.8. The molecule has 0 radical (unpaired) electrons. The molecule has 2 fully saturated rings. The summed E-state index contributed by atoms with van der Waals surface area (Å²) in [6, 6.07) is 2.37. The molecule has 1 saturated carbocycles. The quantitative estimate of drug-likeness (QED) is 0.873. The molecule has 1 aliphatic heterocycles. The van der Waals surface area contributed by atoms with Crippen molar-refractivity contribution in [2.75, 3.05) is 13.1 Å². The minimum Gasteiger partial charge on any atom is -0.309 e. The van der Waals surface area contributed by atoms with Gasteiger partial charge in [-0.2, -0.15) is 4.31 Å². The zero-order valence-corrected chi connectivity index (χ0v) is 14.3. The first-order valence-corrected chi connectivity index (χ1v) is 10.1. The first kappa shape index (κ1) is 15.5. The maximum Gasteiger partial charge on any atom is 0.244 e. The van der Waals surface area contributed by atoms with Crippen LogP contribution in [0.2, 0.25) is 0 Å². The molecule has 1 N–H and O–H groups in total. The van der Waals surface area contributed by atoms with Crippen LogP contribution in [0.5, 0.6) is 0 Å². The van der Waals surface area contributed by atoms with Gasteiger partial charge < -0.3 is 5.32 Å². The third kappa shape index (κ3) is 3.33. The van der Waals surface area contributed by atoms with Crippen molar-refractivity contribution in [1.29, 1.82) is 0 Å². The smallest absolute Gasteiger partial charge is 0.244 e. The molecule has 0 aromatic carbocycles. The Morgan fingerprint density at radius 3 is 2.76 bits per heavy atom. The van der Waals surface area contributed by atoms with Gasteiger partial charge in [0.1, 0.15) is 0 Å². The van der Waals surface area contributed by atoms with E-state index in [0.717, 1.165) is 11.3 Å². The van der Waals surface area contributed by atoms with E-state index in [9.17, 15) is 8.42 Å². The first-order chi connectivity index (χ1) is 9.98. The summed E-state index contributed by atoms with van der Waals surface area (Å²) in [6.45, 7) is 6.37. The van der Waals surface area contributed by atoms with Crippen LogP contribution in [0.4, 0.5) is 0 Å². The molecule has 118 valence electrons. The molecular formula is C15H24N2O2S2. The van der Waals surface area contributed by atoms with Gasteiger partial charge in [-0.3, -0.25) is 0 Å². The van der Waals surface area contributed by atoms with Crippen molar-refractivity contribution in [2.45, 2.75) is 50.6 Å². The lowest BCUT2D eigenvalue weighted by Crippen LogP contribution is -2.30. The molecule has 0 spiro atoms. The second-order valence-electron chi connectivity index (χ2n) is 6.52. The second-order valence-corrected chi connectivity index (χ2v) is 9.43. The van der Waals surface area contributed by atoms with Gasteiger partial charge in [0.2, 0.25) is 10.0 Å². The standard InChI is InChI=1S/C15H24N2O2S2/c1-11(2)12-5-7-17(10-12)21(18,19)15-6-8-20-14(15)9-16-13-3-4-13/h6,8,11-13,16H,3-5,7,9-10H2,1-2H3. The summed E-state index contributed by atoms with van der Waals surface area (Å²) in [5.74, 6) is 1.04. The van der Waals surface area contributed by atoms with E-state index >= 15 is 0 Å². The predicted octanol–water partition coefficient (Wildman–Crippen LogP) is 2.67. The average Bonchev–Trinajstić information content (AvgIpc) is 2.95. The lowest BCUT2D eigenvalue weighted by molar-refractivity contribution is 0.388. The zero-order valence-electron chi connectivity index (χ0n) is 12.7. The fourth-order valence-electron chi connectivity index (χ4n) is 2.87. The summed E-state index contributed by atoms with van der Waals surface area (Å²) >= 11 is 1.54. The third-order valence-electron chi connectivity index (χ3n) is 4.58. The van der Waals surface area contributed by atoms with Gasteiger partial charge in [0.05, 0.1) is 4.90 Å². The summed E-state index contributed by atoms with van der Waals surface area (Å²) in [4.78, 5) is 1.47. The summed E-state index contributed by atoms with van der Waals surface area (Å²) in [5, 5.41) is 5.31. The third-order valence-corrected chi connectivity index (χ3v) is 7.58. The van der Waals surface area contributed by atoms with Crippen LogP contribution < -0.4 is 5.32 Å². The molecule has 1 atom stereocenters. The fraction of sp³-hybridized carbons (Fsp3) is 0.733. The highest BCUT2D eigenvalue weighted by Gasteiger charge is 2.35. The second kappa shape index (κ2) is 5.99. The van der Waals surface area contributed by atoms with Crippen LogP contribution in [0.15, 0.2) is 16.3 Å². The Morgan fingerprint density at radius 2 is 2.14 bits per heavy atom. The largest absolute Gasteiger partial charge is 0.309 e. The van der Waals surface area contributed by atoms with Crippen LogP contribution in [0.25, 0.3) is 0 Å². The molecule has 6 heteroatoms. The van der Waals surface area contributed by atoms with E-state index in [0.29, 0.717) is 42.4 Å². The Balaban J connectivity index is 1.74. The zero-order chi connectivity index (χ0) is 15.0. The molecule has 0 bridgehead atoms. The number of sulfonamides is 1. The van der Waals surface area contributed by atoms with Crippen molar-refractivity contribution in [3.63, 3.8) is 0 Å². The van der Waals surface area contributed by atoms with Gasteiger partial charge in [0, 0.05) is 30.6 Å². The summed E-state index contributed by atoms with van der Waals surface area (Å²) < 4.78 is 27.4. The Labute approximate surface area is 131 Å². The van der Waals surface area contributed by atoms with Crippen LogP contribution in [0.3, 0.4) is 0 Å². The maximum absolute atomic E-state index is 12.8. The minimum absolute atomic E-state index is 0.492. The molecular weight excluding hydrogens is 304 g/mol. The number of hydrogen-bond donors (Lipinski definition) is 1. The number of rotatable bonds is 6. The van der Waals surface area contributed by atoms with Gasteiger partial charge in [-0.25, -0.2) is 8.42 Å². The van der Waals surface area contributed by atoms with Crippen molar-refractivity contribution in [3.8, 4) is 0 Å². The van der Waals surface area contributed by atoms with Crippen molar-refractivity contribution >= 4 is 21.4 Å². The van der Waals surface area contributed by atoms with Crippen molar-refractivity contribution < 1.29 is 8.42 Å². The van der Waals surface area contributed by atoms with Gasteiger partial charge in [0.25, 0.3) is 0 Å². The number of nitrogens with one attached hydrogen (secondary N) is 1. The average molecular weight is 329 g/mol. The lowest BCUT2D eigenvalue weighted by atomic mass is 9.96. The number of thiophene rings is 1. The summed E-state index contributed by atoms with van der Waals surface area (Å²) in [6.07, 6.45) is 3.42. The van der Waals surface area contributed by atoms with Gasteiger partial charge in [-0.15, -0.1) is 11.3 Å². The van der Waals surface area contributed by atoms with E-state index in [1.807, 2.05) is 5.38 Å². The van der Waals surface area contributed by atoms with Crippen molar-refractivity contribution in [1.82, 2.24) is 9.62 Å². The molecule has 2 heterocycles. The highest BCUT2D eigenvalue weighted by molar-refractivity contribution is 7.89. The Morgan fingerprint density at radius 1 is 1.38 bits per heavy atom. The van der Waals surface area contributed by atoms with E-state index in [1.54, 1.807) is 21.7 Å². The molecule has 21 heavy (non-hydrogen) atoms. The van der Waals surface area contributed by atoms with Crippen molar-refractivity contribution in [3.05, 3.63) is 16.3 Å². The first-order valence-electron chi connectivity index (χ1n) is 7.78. The number of nitrogens with zero attached hydrogens (tertiary/aromatic N) is 1. The molecule has 1 saturated heterocycles. The topological polar surface area (TPSA) is 49.4 Å². The van der Waals surface area contributed by atoms with E-state index in [-0.39, 0.29) is 0 Å². The molecule has 1 aromatic heterocycles. The van der Waals surface area contributed by atoms with Gasteiger partial charge in [-0.1, -0.05) is 13.8 Å². The normalized spacial score (nSPS) is 24.0. The Bertz CT molecular complexity index is 591. The SMILES string of the molecule is CC(C)C1CCN(S(=O)(=O)c2ccsc2CNC2CC2)C1. The van der Waals surface area contributed by atoms with Crippen molar-refractivity contribution in [2.24, 2.45) is 11.8 Å². The van der Waals surface area contributed by atoms with Crippen LogP contribution in [-0.4, -0.2) is 31.9 Å². The van der Waals surface area contributed by atoms with Crippen LogP contribution in [-0.2, 0) is 16.6 Å². The molecule has 4 nitrogen and oxygen atoms in total. The molecule has 1 unspecified atom stereocenters. The Hall–Kier alpha value is -0.430. The lowest BCUT2D eigenvalue weighted by Gasteiger charge is -2.18. The molecule has 0 amide bonds. The predicted molar refractivity (Wildman–Crippen MR) is 85.9 cm³/mol. The summed E-state index contributed by atoms with van der Waals surface area (Å²) in [5.41, 5.74) is 0. The van der Waals surface area contributed by atoms with Crippen LogP contribution in [0.1, 0.15) is 38.0 Å². The number of hydrogen-bond acceptors (Lipinski definition) is 4. The molecule has 1 aliphatic carbocycles. The Kier molecular flexibility index (Phi) is 4.41. The van der Waals surface area contributed by atoms with E-state index < -0.39 is 10.0 Å². The molecule has 1 aromatic rings. The van der Waals surface area contributed by atoms with Gasteiger partial charge >= 0.3 is 0 Å². The summed E-state index contributed by atoms with van der Waals surface area (Å²) in [7, 11) is -3.32. The minimum atomic E-state index is -3.32. The van der Waals surface area contributed by atoms with Crippen LogP contribution in [0, 0.1) is 11.8 Å². The van der Waals surface area contributed by atoms with E-state index in [2.05, 4.69) is 19.2 Å². The molecule has 3 rings (SSSR count). The highest BCUT2D eigenvalue weighted by Crippen LogP contribution is 2.32. The van der Waals surface area contributed by atoms with E-state index in [1.165, 1.54) is 12.8 Å².